The summed E-state index contributed by atoms with van der Waals surface area (Å²) in [5.41, 5.74) is 14.9. The van der Waals surface area contributed by atoms with Crippen molar-refractivity contribution in [3.63, 3.8) is 0 Å². The van der Waals surface area contributed by atoms with Gasteiger partial charge >= 0.3 is 0 Å². The minimum atomic E-state index is -0.470. The van der Waals surface area contributed by atoms with Crippen LogP contribution in [0.4, 0.5) is 4.39 Å². The van der Waals surface area contributed by atoms with Crippen molar-refractivity contribution in [2.24, 2.45) is 11.7 Å². The van der Waals surface area contributed by atoms with E-state index in [0.29, 0.717) is 17.1 Å². The molecular formula is C26H23ClFN5O3. The number of hydrazine groups is 1. The van der Waals surface area contributed by atoms with Crippen molar-refractivity contribution in [2.45, 2.75) is 24.8 Å². The van der Waals surface area contributed by atoms with Crippen molar-refractivity contribution < 1.29 is 18.6 Å². The molecule has 8 nitrogen and oxygen atoms in total. The van der Waals surface area contributed by atoms with E-state index in [-0.39, 0.29) is 35.0 Å². The first kappa shape index (κ1) is 23.9. The third kappa shape index (κ3) is 4.31. The van der Waals surface area contributed by atoms with Gasteiger partial charge in [-0.15, -0.1) is 0 Å². The molecule has 1 fully saturated rings. The van der Waals surface area contributed by atoms with E-state index in [1.807, 2.05) is 18.2 Å². The zero-order valence-electron chi connectivity index (χ0n) is 19.2. The minimum absolute atomic E-state index is 0.0679. The highest BCUT2D eigenvalue weighted by atomic mass is 35.5. The molecule has 0 amide bonds. The van der Waals surface area contributed by atoms with Gasteiger partial charge in [0, 0.05) is 29.8 Å². The Balaban J connectivity index is 1.50. The Morgan fingerprint density at radius 2 is 2.03 bits per heavy atom. The molecule has 0 bridgehead atoms. The Bertz CT molecular complexity index is 1330. The lowest BCUT2D eigenvalue weighted by Crippen LogP contribution is -2.41. The van der Waals surface area contributed by atoms with Gasteiger partial charge in [-0.3, -0.25) is 4.98 Å². The first-order chi connectivity index (χ1) is 17.5. The van der Waals surface area contributed by atoms with Crippen LogP contribution in [0.5, 0.6) is 11.5 Å². The lowest BCUT2D eigenvalue weighted by Gasteiger charge is -2.36. The maximum absolute atomic E-state index is 14.2. The highest BCUT2D eigenvalue weighted by Crippen LogP contribution is 2.48. The van der Waals surface area contributed by atoms with Crippen LogP contribution in [0, 0.1) is 23.1 Å². The summed E-state index contributed by atoms with van der Waals surface area (Å²) in [5.74, 6) is -0.177. The standard InChI is InChI=1S/C26H23ClFN5O3/c1-34-21-10-14(7-8-20(21)35-13-17-18(27)5-2-6-19(17)28)22-16(11-29)25(30)36-26-23(22)24(32-33-26)15-4-3-9-31-12-15/h2-10,12,22-24,26,32-33H,13,30H2,1H3. The molecule has 2 aliphatic heterocycles. The van der Waals surface area contributed by atoms with Gasteiger partial charge in [0.15, 0.2) is 17.7 Å². The van der Waals surface area contributed by atoms with Gasteiger partial charge in [0.25, 0.3) is 0 Å². The molecule has 5 rings (SSSR count). The fourth-order valence-corrected chi connectivity index (χ4v) is 4.97. The number of halogens is 2. The van der Waals surface area contributed by atoms with Crippen molar-refractivity contribution in [2.75, 3.05) is 7.11 Å². The predicted molar refractivity (Wildman–Crippen MR) is 130 cm³/mol. The van der Waals surface area contributed by atoms with E-state index in [1.54, 1.807) is 30.6 Å². The molecule has 0 radical (unpaired) electrons. The summed E-state index contributed by atoms with van der Waals surface area (Å²) in [5, 5.41) is 10.3. The van der Waals surface area contributed by atoms with Crippen LogP contribution in [0.1, 0.15) is 28.7 Å². The molecule has 4 unspecified atom stereocenters. The van der Waals surface area contributed by atoms with E-state index in [1.165, 1.54) is 19.2 Å². The Kier molecular flexibility index (Phi) is 6.65. The lowest BCUT2D eigenvalue weighted by atomic mass is 9.74. The summed E-state index contributed by atoms with van der Waals surface area (Å²) in [4.78, 5) is 4.23. The van der Waals surface area contributed by atoms with Gasteiger partial charge in [0.1, 0.15) is 18.5 Å². The van der Waals surface area contributed by atoms with Crippen LogP contribution in [-0.2, 0) is 11.3 Å². The van der Waals surface area contributed by atoms with E-state index >= 15 is 0 Å². The minimum Gasteiger partial charge on any atom is -0.493 e. The van der Waals surface area contributed by atoms with Gasteiger partial charge in [-0.25, -0.2) is 15.2 Å². The van der Waals surface area contributed by atoms with Gasteiger partial charge in [0.2, 0.25) is 5.88 Å². The highest BCUT2D eigenvalue weighted by molar-refractivity contribution is 6.31. The van der Waals surface area contributed by atoms with Crippen LogP contribution in [0.25, 0.3) is 0 Å². The zero-order chi connectivity index (χ0) is 25.2. The maximum atomic E-state index is 14.2. The molecule has 3 heterocycles. The molecule has 4 atom stereocenters. The number of aromatic nitrogens is 1. The fourth-order valence-electron chi connectivity index (χ4n) is 4.76. The molecule has 2 aliphatic rings. The molecule has 3 aromatic rings. The third-order valence-corrected chi connectivity index (χ3v) is 6.83. The van der Waals surface area contributed by atoms with Crippen molar-refractivity contribution in [3.05, 3.63) is 99.9 Å². The van der Waals surface area contributed by atoms with E-state index < -0.39 is 18.0 Å². The molecule has 36 heavy (non-hydrogen) atoms. The summed E-state index contributed by atoms with van der Waals surface area (Å²) in [6.07, 6.45) is 3.01. The first-order valence-electron chi connectivity index (χ1n) is 11.2. The van der Waals surface area contributed by atoms with Crippen LogP contribution in [0.2, 0.25) is 5.02 Å². The van der Waals surface area contributed by atoms with Crippen LogP contribution in [-0.4, -0.2) is 18.3 Å². The molecule has 1 saturated heterocycles. The largest absolute Gasteiger partial charge is 0.493 e. The number of fused-ring (bicyclic) bond motifs is 1. The summed E-state index contributed by atoms with van der Waals surface area (Å²) < 4.78 is 31.5. The maximum Gasteiger partial charge on any atom is 0.200 e. The van der Waals surface area contributed by atoms with E-state index in [0.717, 1.165) is 11.1 Å². The Morgan fingerprint density at radius 3 is 2.75 bits per heavy atom. The topological polar surface area (TPSA) is 114 Å². The second-order valence-corrected chi connectivity index (χ2v) is 8.84. The van der Waals surface area contributed by atoms with Crippen molar-refractivity contribution >= 4 is 11.6 Å². The van der Waals surface area contributed by atoms with Crippen LogP contribution in [0.15, 0.2) is 72.4 Å². The summed E-state index contributed by atoms with van der Waals surface area (Å²) in [7, 11) is 1.52. The normalized spacial score (nSPS) is 22.9. The Labute approximate surface area is 212 Å². The Morgan fingerprint density at radius 1 is 1.17 bits per heavy atom. The monoisotopic (exact) mass is 507 g/mol. The quantitative estimate of drug-likeness (QED) is 0.457. The van der Waals surface area contributed by atoms with Gasteiger partial charge in [0.05, 0.1) is 23.7 Å². The van der Waals surface area contributed by atoms with Crippen LogP contribution in [0.3, 0.4) is 0 Å². The fraction of sp³-hybridized carbons (Fsp3) is 0.231. The average Bonchev–Trinajstić information content (AvgIpc) is 3.31. The Hall–Kier alpha value is -3.84. The SMILES string of the molecule is COc1cc(C2C(C#N)=C(N)OC3NNC(c4cccnc4)C32)ccc1OCc1c(F)cccc1Cl. The van der Waals surface area contributed by atoms with Crippen molar-refractivity contribution in [1.82, 2.24) is 15.8 Å². The molecule has 1 aromatic heterocycles. The number of nitrogens with zero attached hydrogens (tertiary/aromatic N) is 2. The number of rotatable bonds is 6. The second-order valence-electron chi connectivity index (χ2n) is 8.44. The second kappa shape index (κ2) is 10.0. The number of benzene rings is 2. The molecular weight excluding hydrogens is 485 g/mol. The first-order valence-corrected chi connectivity index (χ1v) is 11.6. The number of allylic oxidation sites excluding steroid dienone is 1. The number of hydrogen-bond acceptors (Lipinski definition) is 8. The molecule has 10 heteroatoms. The summed E-state index contributed by atoms with van der Waals surface area (Å²) in [6.45, 7) is -0.0730. The highest BCUT2D eigenvalue weighted by Gasteiger charge is 2.49. The van der Waals surface area contributed by atoms with Crippen molar-refractivity contribution in [3.8, 4) is 17.6 Å². The summed E-state index contributed by atoms with van der Waals surface area (Å²) in [6, 6.07) is 15.7. The predicted octanol–water partition coefficient (Wildman–Crippen LogP) is 4.06. The number of methoxy groups -OCH3 is 1. The molecule has 0 aliphatic carbocycles. The van der Waals surface area contributed by atoms with Crippen molar-refractivity contribution in [1.29, 1.82) is 5.26 Å². The molecule has 0 saturated carbocycles. The van der Waals surface area contributed by atoms with Crippen LogP contribution < -0.4 is 26.1 Å². The van der Waals surface area contributed by atoms with Gasteiger partial charge in [-0.2, -0.15) is 5.26 Å². The number of nitrogens with one attached hydrogen (secondary N) is 2. The zero-order valence-corrected chi connectivity index (χ0v) is 20.0. The number of nitrogens with two attached hydrogens (primary N) is 1. The van der Waals surface area contributed by atoms with Gasteiger partial charge in [-0.1, -0.05) is 29.8 Å². The average molecular weight is 508 g/mol. The summed E-state index contributed by atoms with van der Waals surface area (Å²) >= 11 is 6.13. The van der Waals surface area contributed by atoms with E-state index in [4.69, 9.17) is 31.5 Å². The number of pyridine rings is 1. The van der Waals surface area contributed by atoms with E-state index in [2.05, 4.69) is 21.9 Å². The smallest absolute Gasteiger partial charge is 0.200 e. The number of hydrogen-bond donors (Lipinski definition) is 3. The molecule has 184 valence electrons. The van der Waals surface area contributed by atoms with E-state index in [9.17, 15) is 9.65 Å². The molecule has 4 N–H and O–H groups in total. The lowest BCUT2D eigenvalue weighted by molar-refractivity contribution is 0.0340. The third-order valence-electron chi connectivity index (χ3n) is 6.48. The number of nitriles is 1. The van der Waals surface area contributed by atoms with Gasteiger partial charge in [-0.05, 0) is 41.5 Å². The van der Waals surface area contributed by atoms with Gasteiger partial charge < -0.3 is 19.9 Å². The molecule has 0 spiro atoms. The number of ether oxygens (including phenoxy) is 3. The van der Waals surface area contributed by atoms with Crippen LogP contribution >= 0.6 is 11.6 Å². The molecule has 2 aromatic carbocycles.